The lowest BCUT2D eigenvalue weighted by atomic mass is 9.55. The largest absolute Gasteiger partial charge is 0.492 e. The number of oxime groups is 1. The summed E-state index contributed by atoms with van der Waals surface area (Å²) in [6.45, 7) is 11.6. The SMILES string of the molecule is C=CCO[C@@]12Oc3ccc(OCCN4CC4)cc3[C@H]3[C@H](CCCCO)[C@@H](CCCCO)C=C(C(=NOC4CCCCO4)C[C@@H]1N(Cc1ccc4c(c1)OCO4)C(=O)OCCCCCCCCCCCC)[C@H]32. The van der Waals surface area contributed by atoms with E-state index < -0.39 is 30.1 Å². The summed E-state index contributed by atoms with van der Waals surface area (Å²) in [7, 11) is 0. The molecule has 14 heteroatoms. The van der Waals surface area contributed by atoms with E-state index in [4.69, 9.17) is 43.2 Å². The van der Waals surface area contributed by atoms with E-state index in [0.717, 1.165) is 106 Å². The smallest absolute Gasteiger partial charge is 0.410 e. The van der Waals surface area contributed by atoms with Gasteiger partial charge in [-0.2, -0.15) is 0 Å². The van der Waals surface area contributed by atoms with Crippen molar-refractivity contribution in [1.29, 1.82) is 0 Å². The summed E-state index contributed by atoms with van der Waals surface area (Å²) < 4.78 is 45.2. The van der Waals surface area contributed by atoms with E-state index in [-0.39, 0.29) is 63.9 Å². The van der Waals surface area contributed by atoms with Gasteiger partial charge in [0.15, 0.2) is 11.5 Å². The maximum Gasteiger partial charge on any atom is 0.410 e. The van der Waals surface area contributed by atoms with Gasteiger partial charge in [0, 0.05) is 63.7 Å². The molecule has 2 saturated heterocycles. The summed E-state index contributed by atoms with van der Waals surface area (Å²) in [5, 5.41) is 25.2. The maximum atomic E-state index is 15.2. The molecule has 1 saturated carbocycles. The van der Waals surface area contributed by atoms with Gasteiger partial charge in [-0.1, -0.05) is 101 Å². The highest BCUT2D eigenvalue weighted by Crippen LogP contribution is 2.62. The summed E-state index contributed by atoms with van der Waals surface area (Å²) in [5.41, 5.74) is 3.54. The molecule has 7 atom stereocenters. The van der Waals surface area contributed by atoms with Crippen LogP contribution in [0, 0.1) is 17.8 Å². The molecule has 392 valence electrons. The number of ether oxygens (including phenoxy) is 7. The van der Waals surface area contributed by atoms with E-state index in [0.29, 0.717) is 49.0 Å². The summed E-state index contributed by atoms with van der Waals surface area (Å²) in [4.78, 5) is 25.7. The average Bonchev–Trinajstić information content (AvgIpc) is 4.10. The van der Waals surface area contributed by atoms with Crippen LogP contribution in [0.1, 0.15) is 152 Å². The first kappa shape index (κ1) is 53.0. The minimum atomic E-state index is -1.45. The molecule has 0 spiro atoms. The molecule has 6 aliphatic rings. The van der Waals surface area contributed by atoms with Crippen LogP contribution in [0.2, 0.25) is 0 Å². The Kier molecular flexibility index (Phi) is 20.2. The predicted octanol–water partition coefficient (Wildman–Crippen LogP) is 10.8. The lowest BCUT2D eigenvalue weighted by Crippen LogP contribution is -2.70. The van der Waals surface area contributed by atoms with E-state index >= 15 is 4.79 Å². The number of nitrogens with zero attached hydrogens (tertiary/aromatic N) is 3. The van der Waals surface area contributed by atoms with Crippen molar-refractivity contribution in [2.45, 2.75) is 166 Å². The van der Waals surface area contributed by atoms with Crippen LogP contribution in [0.4, 0.5) is 4.79 Å². The van der Waals surface area contributed by atoms with Crippen LogP contribution in [-0.4, -0.2) is 116 Å². The third-order valence-electron chi connectivity index (χ3n) is 15.4. The van der Waals surface area contributed by atoms with Crippen molar-refractivity contribution < 1.29 is 53.0 Å². The fraction of sp³-hybridized carbons (Fsp3) is 0.684. The van der Waals surface area contributed by atoms with Crippen LogP contribution in [-0.2, 0) is 25.6 Å². The Bertz CT molecular complexity index is 2050. The first-order valence-corrected chi connectivity index (χ1v) is 27.5. The number of hydrogen-bond donors (Lipinski definition) is 2. The number of hydrogen-bond acceptors (Lipinski definition) is 13. The Morgan fingerprint density at radius 1 is 0.887 bits per heavy atom. The minimum absolute atomic E-state index is 0.0735. The zero-order valence-electron chi connectivity index (χ0n) is 42.6. The number of fused-ring (bicyclic) bond motifs is 3. The van der Waals surface area contributed by atoms with E-state index in [9.17, 15) is 10.2 Å². The van der Waals surface area contributed by atoms with Crippen molar-refractivity contribution in [3.63, 3.8) is 0 Å². The Labute approximate surface area is 423 Å². The fourth-order valence-electron chi connectivity index (χ4n) is 11.6. The molecule has 0 aromatic heterocycles. The van der Waals surface area contributed by atoms with Crippen LogP contribution >= 0.6 is 0 Å². The number of unbranched alkanes of at least 4 members (excludes halogenated alkanes) is 11. The third kappa shape index (κ3) is 13.8. The molecule has 1 amide bonds. The fourth-order valence-corrected chi connectivity index (χ4v) is 11.6. The molecule has 4 aliphatic heterocycles. The normalized spacial score (nSPS) is 25.7. The van der Waals surface area contributed by atoms with Crippen LogP contribution in [0.25, 0.3) is 0 Å². The van der Waals surface area contributed by atoms with Gasteiger partial charge in [-0.3, -0.25) is 9.80 Å². The van der Waals surface area contributed by atoms with E-state index in [2.05, 4.69) is 30.5 Å². The highest BCUT2D eigenvalue weighted by molar-refractivity contribution is 6.03. The van der Waals surface area contributed by atoms with Gasteiger partial charge >= 0.3 is 6.09 Å². The van der Waals surface area contributed by atoms with Gasteiger partial charge < -0.3 is 48.2 Å². The number of aliphatic hydroxyl groups is 2. The number of allylic oxidation sites excluding steroid dienone is 1. The highest BCUT2D eigenvalue weighted by Gasteiger charge is 2.66. The van der Waals surface area contributed by atoms with Gasteiger partial charge in [0.05, 0.1) is 31.5 Å². The molecule has 0 radical (unpaired) electrons. The van der Waals surface area contributed by atoms with Crippen LogP contribution in [0.3, 0.4) is 0 Å². The lowest BCUT2D eigenvalue weighted by Gasteiger charge is -2.60. The molecular weight excluding hydrogens is 903 g/mol. The molecule has 8 rings (SSSR count). The van der Waals surface area contributed by atoms with E-state index in [1.807, 2.05) is 30.3 Å². The van der Waals surface area contributed by atoms with Crippen LogP contribution in [0.15, 0.2) is 65.9 Å². The first-order chi connectivity index (χ1) is 35.0. The van der Waals surface area contributed by atoms with Crippen molar-refractivity contribution >= 4 is 11.8 Å². The molecule has 14 nitrogen and oxygen atoms in total. The van der Waals surface area contributed by atoms with Crippen molar-refractivity contribution in [2.75, 3.05) is 66.1 Å². The van der Waals surface area contributed by atoms with E-state index in [1.54, 1.807) is 11.0 Å². The molecule has 1 unspecified atom stereocenters. The molecule has 4 heterocycles. The highest BCUT2D eigenvalue weighted by atomic mass is 16.8. The summed E-state index contributed by atoms with van der Waals surface area (Å²) in [6.07, 6.45) is 22.5. The van der Waals surface area contributed by atoms with Gasteiger partial charge in [-0.15, -0.1) is 6.58 Å². The summed E-state index contributed by atoms with van der Waals surface area (Å²) >= 11 is 0. The number of benzene rings is 2. The lowest BCUT2D eigenvalue weighted by molar-refractivity contribution is -0.256. The number of rotatable bonds is 31. The number of amides is 1. The third-order valence-corrected chi connectivity index (χ3v) is 15.4. The molecule has 2 aromatic carbocycles. The first-order valence-electron chi connectivity index (χ1n) is 27.5. The van der Waals surface area contributed by atoms with Crippen molar-refractivity contribution in [1.82, 2.24) is 9.80 Å². The molecule has 71 heavy (non-hydrogen) atoms. The van der Waals surface area contributed by atoms with Gasteiger partial charge in [-0.05, 0) is 98.2 Å². The number of carbonyl (C=O) groups excluding carboxylic acids is 1. The second-order valence-electron chi connectivity index (χ2n) is 20.5. The Morgan fingerprint density at radius 3 is 2.39 bits per heavy atom. The molecule has 3 fully saturated rings. The molecule has 0 bridgehead atoms. The van der Waals surface area contributed by atoms with Gasteiger partial charge in [-0.25, -0.2) is 4.79 Å². The molecule has 2 N–H and O–H groups in total. The number of aliphatic hydroxyl groups excluding tert-OH is 2. The monoisotopic (exact) mass is 986 g/mol. The average molecular weight is 986 g/mol. The van der Waals surface area contributed by atoms with Crippen molar-refractivity contribution in [3.05, 3.63) is 71.8 Å². The van der Waals surface area contributed by atoms with Crippen LogP contribution in [0.5, 0.6) is 23.0 Å². The van der Waals surface area contributed by atoms with Gasteiger partial charge in [0.25, 0.3) is 0 Å². The zero-order valence-corrected chi connectivity index (χ0v) is 42.6. The van der Waals surface area contributed by atoms with Crippen molar-refractivity contribution in [3.8, 4) is 23.0 Å². The molecule has 2 aromatic rings. The van der Waals surface area contributed by atoms with E-state index in [1.165, 1.54) is 44.9 Å². The van der Waals surface area contributed by atoms with Crippen LogP contribution < -0.4 is 18.9 Å². The second kappa shape index (κ2) is 27.1. The topological polar surface area (TPSA) is 150 Å². The molecule has 2 aliphatic carbocycles. The predicted molar refractivity (Wildman–Crippen MR) is 273 cm³/mol. The Morgan fingerprint density at radius 2 is 1.65 bits per heavy atom. The van der Waals surface area contributed by atoms with Gasteiger partial charge in [0.1, 0.15) is 24.1 Å². The molecular formula is C57H83N3O11. The zero-order chi connectivity index (χ0) is 49.3. The Hall–Kier alpha value is -4.34. The summed E-state index contributed by atoms with van der Waals surface area (Å²) in [5.74, 6) is 0.785. The second-order valence-corrected chi connectivity index (χ2v) is 20.5. The Balaban J connectivity index is 1.20. The van der Waals surface area contributed by atoms with Gasteiger partial charge in [0.2, 0.25) is 18.9 Å². The standard InChI is InChI=1S/C57H83N3O11/c1-3-5-6-7-8-9-10-11-12-18-34-66-56(63)60(40-42-23-25-50-51(36-42)68-41-67-50)52-39-48(58-71-53-22-15-19-33-65-53)46-37-43(20-13-16-30-61)45(21-14-17-31-62)54-47-38-44(64-35-29-59-27-28-59)24-26-49(47)70-57(52,55(46)54)69-32-4-2/h4,23-26,36-38,43,45,52-55,61-62H,2-3,5-22,27-35,39-41H2,1H3/t43-,45+,52-,53?,54+,55+,57+/m0/s1. The number of carbonyl (C=O) groups is 1. The quantitative estimate of drug-likeness (QED) is 0.0320. The minimum Gasteiger partial charge on any atom is -0.492 e. The van der Waals surface area contributed by atoms with Crippen molar-refractivity contribution in [2.24, 2.45) is 22.9 Å². The maximum absolute atomic E-state index is 15.2. The summed E-state index contributed by atoms with van der Waals surface area (Å²) in [6, 6.07) is 11.2.